The molecule has 16 heavy (non-hydrogen) atoms. The van der Waals surface area contributed by atoms with Gasteiger partial charge in [-0.2, -0.15) is 0 Å². The first kappa shape index (κ1) is 8.84. The van der Waals surface area contributed by atoms with Crippen LogP contribution in [0.3, 0.4) is 0 Å². The van der Waals surface area contributed by atoms with Gasteiger partial charge in [-0.15, -0.1) is 0 Å². The second-order valence-corrected chi connectivity index (χ2v) is 3.43. The first-order valence-electron chi connectivity index (χ1n) is 4.85. The maximum Gasteiger partial charge on any atom is 0.220 e. The fourth-order valence-electron chi connectivity index (χ4n) is 1.63. The second kappa shape index (κ2) is 3.30. The Hall–Kier alpha value is -2.43. The topological polar surface area (TPSA) is 80.5 Å². The van der Waals surface area contributed by atoms with E-state index in [4.69, 9.17) is 5.73 Å². The van der Waals surface area contributed by atoms with Gasteiger partial charge >= 0.3 is 0 Å². The highest BCUT2D eigenvalue weighted by Gasteiger charge is 2.02. The normalized spacial score (nSPS) is 10.8. The minimum absolute atomic E-state index is 0.280. The number of aromatic amines is 1. The van der Waals surface area contributed by atoms with Crippen LogP contribution in [0.15, 0.2) is 36.8 Å². The van der Waals surface area contributed by atoms with E-state index in [1.54, 1.807) is 12.5 Å². The van der Waals surface area contributed by atoms with E-state index in [-0.39, 0.29) is 5.95 Å². The summed E-state index contributed by atoms with van der Waals surface area (Å²) in [7, 11) is 0. The zero-order valence-corrected chi connectivity index (χ0v) is 8.38. The molecule has 3 aromatic rings. The minimum atomic E-state index is 0.280. The predicted octanol–water partition coefficient (Wildman–Crippen LogP) is 1.60. The number of nitrogens with two attached hydrogens (primary N) is 1. The number of anilines is 1. The number of hydrogen-bond donors (Lipinski definition) is 2. The quantitative estimate of drug-likeness (QED) is 0.640. The zero-order chi connectivity index (χ0) is 11.0. The van der Waals surface area contributed by atoms with E-state index < -0.39 is 0 Å². The lowest BCUT2D eigenvalue weighted by Gasteiger charge is -2.00. The number of fused-ring (bicyclic) bond motifs is 1. The van der Waals surface area contributed by atoms with Crippen LogP contribution in [0.1, 0.15) is 0 Å². The maximum atomic E-state index is 5.55. The van der Waals surface area contributed by atoms with Crippen LogP contribution in [0.2, 0.25) is 0 Å². The monoisotopic (exact) mass is 211 g/mol. The third-order valence-corrected chi connectivity index (χ3v) is 2.39. The fraction of sp³-hybridized carbons (Fsp3) is 0. The molecule has 2 aromatic heterocycles. The number of H-pyrrole nitrogens is 1. The van der Waals surface area contributed by atoms with Crippen molar-refractivity contribution in [1.29, 1.82) is 0 Å². The van der Waals surface area contributed by atoms with Gasteiger partial charge in [0.05, 0.1) is 23.1 Å². The second-order valence-electron chi connectivity index (χ2n) is 3.43. The Labute approximate surface area is 91.4 Å². The Morgan fingerprint density at radius 1 is 1.12 bits per heavy atom. The van der Waals surface area contributed by atoms with Crippen LogP contribution in [0.5, 0.6) is 0 Å². The number of hydrogen-bond acceptors (Lipinski definition) is 4. The number of benzene rings is 1. The summed E-state index contributed by atoms with van der Waals surface area (Å²) in [5.41, 5.74) is 9.26. The minimum Gasteiger partial charge on any atom is -0.368 e. The van der Waals surface area contributed by atoms with Gasteiger partial charge < -0.3 is 10.7 Å². The van der Waals surface area contributed by atoms with E-state index in [9.17, 15) is 0 Å². The Morgan fingerprint density at radius 3 is 2.94 bits per heavy atom. The molecule has 3 rings (SSSR count). The van der Waals surface area contributed by atoms with Crippen molar-refractivity contribution >= 4 is 17.0 Å². The van der Waals surface area contributed by atoms with Crippen LogP contribution < -0.4 is 5.73 Å². The van der Waals surface area contributed by atoms with E-state index >= 15 is 0 Å². The molecule has 3 N–H and O–H groups in total. The first-order chi connectivity index (χ1) is 7.83. The first-order valence-corrected chi connectivity index (χ1v) is 4.85. The molecular formula is C11H9N5. The van der Waals surface area contributed by atoms with Gasteiger partial charge in [-0.3, -0.25) is 0 Å². The van der Waals surface area contributed by atoms with Crippen molar-refractivity contribution in [2.24, 2.45) is 0 Å². The molecule has 2 heterocycles. The van der Waals surface area contributed by atoms with Crippen LogP contribution in [0.4, 0.5) is 5.95 Å². The maximum absolute atomic E-state index is 5.55. The molecule has 0 saturated heterocycles. The largest absolute Gasteiger partial charge is 0.368 e. The molecule has 0 bridgehead atoms. The third-order valence-electron chi connectivity index (χ3n) is 2.39. The van der Waals surface area contributed by atoms with Crippen LogP contribution >= 0.6 is 0 Å². The van der Waals surface area contributed by atoms with Crippen molar-refractivity contribution in [1.82, 2.24) is 19.9 Å². The number of nitrogens with one attached hydrogen (secondary N) is 1. The van der Waals surface area contributed by atoms with E-state index in [0.29, 0.717) is 0 Å². The molecular weight excluding hydrogens is 202 g/mol. The molecule has 0 unspecified atom stereocenters. The number of rotatable bonds is 1. The smallest absolute Gasteiger partial charge is 0.220 e. The van der Waals surface area contributed by atoms with Gasteiger partial charge in [0.2, 0.25) is 5.95 Å². The van der Waals surface area contributed by atoms with Gasteiger partial charge in [0.1, 0.15) is 0 Å². The molecule has 5 nitrogen and oxygen atoms in total. The number of imidazole rings is 1. The lowest BCUT2D eigenvalue weighted by molar-refractivity contribution is 1.19. The Balaban J connectivity index is 2.18. The highest BCUT2D eigenvalue weighted by molar-refractivity contribution is 5.80. The van der Waals surface area contributed by atoms with Crippen LogP contribution in [0.25, 0.3) is 22.3 Å². The molecule has 0 fully saturated rings. The molecule has 0 amide bonds. The molecule has 0 aliphatic rings. The summed E-state index contributed by atoms with van der Waals surface area (Å²) in [5.74, 6) is 0.280. The summed E-state index contributed by atoms with van der Waals surface area (Å²) in [6, 6.07) is 7.72. The van der Waals surface area contributed by atoms with Crippen molar-refractivity contribution in [3.63, 3.8) is 0 Å². The Bertz CT molecular complexity index is 643. The molecule has 0 atom stereocenters. The summed E-state index contributed by atoms with van der Waals surface area (Å²) >= 11 is 0. The third kappa shape index (κ3) is 1.38. The van der Waals surface area contributed by atoms with Gasteiger partial charge in [-0.1, -0.05) is 6.07 Å². The fourth-order valence-corrected chi connectivity index (χ4v) is 1.63. The van der Waals surface area contributed by atoms with Crippen molar-refractivity contribution < 1.29 is 0 Å². The summed E-state index contributed by atoms with van der Waals surface area (Å²) in [6.45, 7) is 0. The van der Waals surface area contributed by atoms with Gasteiger partial charge in [0.25, 0.3) is 0 Å². The van der Waals surface area contributed by atoms with Crippen molar-refractivity contribution in [3.05, 3.63) is 36.8 Å². The molecule has 0 spiro atoms. The Morgan fingerprint density at radius 2 is 2.06 bits per heavy atom. The molecule has 5 heteroatoms. The number of aromatic nitrogens is 4. The molecule has 1 aromatic carbocycles. The van der Waals surface area contributed by atoms with Gasteiger partial charge in [-0.05, 0) is 18.2 Å². The molecule has 0 saturated carbocycles. The zero-order valence-electron chi connectivity index (χ0n) is 8.38. The predicted molar refractivity (Wildman–Crippen MR) is 61.5 cm³/mol. The molecule has 78 valence electrons. The van der Waals surface area contributed by atoms with Crippen molar-refractivity contribution in [3.8, 4) is 11.3 Å². The molecule has 0 radical (unpaired) electrons. The van der Waals surface area contributed by atoms with Crippen molar-refractivity contribution in [2.45, 2.75) is 0 Å². The summed E-state index contributed by atoms with van der Waals surface area (Å²) in [6.07, 6.45) is 3.32. The summed E-state index contributed by atoms with van der Waals surface area (Å²) < 4.78 is 0. The number of nitrogen functional groups attached to an aromatic ring is 1. The van der Waals surface area contributed by atoms with E-state index in [1.807, 2.05) is 24.3 Å². The highest BCUT2D eigenvalue weighted by atomic mass is 15.0. The van der Waals surface area contributed by atoms with E-state index in [0.717, 1.165) is 22.3 Å². The van der Waals surface area contributed by atoms with Crippen LogP contribution in [0, 0.1) is 0 Å². The molecule has 0 aliphatic carbocycles. The van der Waals surface area contributed by atoms with Crippen molar-refractivity contribution in [2.75, 3.05) is 5.73 Å². The SMILES string of the molecule is Nc1nccc(-c2ccc3nc[nH]c3c2)n1. The van der Waals surface area contributed by atoms with E-state index in [1.165, 1.54) is 0 Å². The Kier molecular flexibility index (Phi) is 1.83. The number of nitrogens with zero attached hydrogens (tertiary/aromatic N) is 3. The molecule has 0 aliphatic heterocycles. The summed E-state index contributed by atoms with van der Waals surface area (Å²) in [4.78, 5) is 15.2. The average molecular weight is 211 g/mol. The van der Waals surface area contributed by atoms with E-state index in [2.05, 4.69) is 19.9 Å². The van der Waals surface area contributed by atoms with Crippen LogP contribution in [-0.2, 0) is 0 Å². The van der Waals surface area contributed by atoms with Gasteiger partial charge in [-0.25, -0.2) is 15.0 Å². The standard InChI is InChI=1S/C11H9N5/c12-11-13-4-3-8(16-11)7-1-2-9-10(5-7)15-6-14-9/h1-6H,(H,14,15)(H2,12,13,16). The lowest BCUT2D eigenvalue weighted by Crippen LogP contribution is -1.94. The average Bonchev–Trinajstić information content (AvgIpc) is 2.75. The highest BCUT2D eigenvalue weighted by Crippen LogP contribution is 2.20. The van der Waals surface area contributed by atoms with Gasteiger partial charge in [0, 0.05) is 11.8 Å². The lowest BCUT2D eigenvalue weighted by atomic mass is 10.1. The summed E-state index contributed by atoms with van der Waals surface area (Å²) in [5, 5.41) is 0. The van der Waals surface area contributed by atoms with Gasteiger partial charge in [0.15, 0.2) is 0 Å². The van der Waals surface area contributed by atoms with Crippen LogP contribution in [-0.4, -0.2) is 19.9 Å².